The summed E-state index contributed by atoms with van der Waals surface area (Å²) in [6.45, 7) is 8.71. The van der Waals surface area contributed by atoms with Gasteiger partial charge in [0.15, 0.2) is 0 Å². The molecular weight excluding hydrogens is 446 g/mol. The van der Waals surface area contributed by atoms with Crippen LogP contribution in [0.5, 0.6) is 0 Å². The van der Waals surface area contributed by atoms with Crippen LogP contribution in [0.4, 0.5) is 0 Å². The smallest absolute Gasteiger partial charge is 0.269 e. The van der Waals surface area contributed by atoms with Crippen LogP contribution in [0, 0.1) is 0 Å². The molecule has 6 nitrogen and oxygen atoms in total. The number of nitrogens with one attached hydrogen (secondary N) is 1. The van der Waals surface area contributed by atoms with E-state index in [0.717, 1.165) is 35.2 Å². The molecule has 2 N–H and O–H groups in total. The third-order valence-electron chi connectivity index (χ3n) is 6.41. The highest BCUT2D eigenvalue weighted by atomic mass is 32.2. The number of fused-ring (bicyclic) bond motifs is 1. The van der Waals surface area contributed by atoms with Gasteiger partial charge in [0.1, 0.15) is 16.7 Å². The fraction of sp³-hybridized carbons (Fsp3) is 0.481. The molecule has 2 aromatic rings. The Bertz CT molecular complexity index is 1140. The number of benzene rings is 1. The summed E-state index contributed by atoms with van der Waals surface area (Å²) >= 11 is 0. The van der Waals surface area contributed by atoms with E-state index in [-0.39, 0.29) is 18.6 Å². The van der Waals surface area contributed by atoms with Crippen molar-refractivity contribution in [1.82, 2.24) is 14.6 Å². The number of carbonyl (C=O) groups is 1. The summed E-state index contributed by atoms with van der Waals surface area (Å²) < 4.78 is 15.0. The fourth-order valence-corrected chi connectivity index (χ4v) is 6.26. The van der Waals surface area contributed by atoms with Crippen molar-refractivity contribution in [3.63, 3.8) is 0 Å². The van der Waals surface area contributed by atoms with Crippen LogP contribution in [0.25, 0.3) is 16.8 Å². The third kappa shape index (κ3) is 4.88. The van der Waals surface area contributed by atoms with Gasteiger partial charge in [0, 0.05) is 30.8 Å². The second-order valence-electron chi connectivity index (χ2n) is 9.96. The zero-order valence-corrected chi connectivity index (χ0v) is 21.4. The van der Waals surface area contributed by atoms with E-state index in [0.29, 0.717) is 25.2 Å². The highest BCUT2D eigenvalue weighted by molar-refractivity contribution is 7.84. The number of carbonyl (C=O) groups excluding carboxylic acids is 1. The van der Waals surface area contributed by atoms with Gasteiger partial charge in [0.05, 0.1) is 16.5 Å². The van der Waals surface area contributed by atoms with Crippen molar-refractivity contribution in [1.29, 1.82) is 0 Å². The average Bonchev–Trinajstić information content (AvgIpc) is 3.46. The lowest BCUT2D eigenvalue weighted by Crippen LogP contribution is -2.36. The molecule has 0 bridgehead atoms. The molecule has 0 fully saturated rings. The Balaban J connectivity index is 1.88. The first-order valence-corrected chi connectivity index (χ1v) is 13.3. The zero-order valence-electron chi connectivity index (χ0n) is 20.6. The summed E-state index contributed by atoms with van der Waals surface area (Å²) in [5.41, 5.74) is 6.50. The number of rotatable bonds is 7. The Kier molecular flexibility index (Phi) is 7.36. The predicted octanol–water partition coefficient (Wildman–Crippen LogP) is 4.77. The van der Waals surface area contributed by atoms with E-state index in [2.05, 4.69) is 23.5 Å². The molecule has 2 heterocycles. The largest absolute Gasteiger partial charge is 0.396 e. The molecule has 1 amide bonds. The number of aliphatic hydroxyl groups excluding tert-OH is 1. The molecule has 0 saturated heterocycles. The number of hydrogen-bond donors (Lipinski definition) is 2. The van der Waals surface area contributed by atoms with E-state index in [1.165, 1.54) is 17.6 Å². The van der Waals surface area contributed by atoms with E-state index in [4.69, 9.17) is 4.98 Å². The summed E-state index contributed by atoms with van der Waals surface area (Å²) in [6, 6.07) is 9.94. The highest BCUT2D eigenvalue weighted by Gasteiger charge is 2.40. The Morgan fingerprint density at radius 3 is 2.68 bits per heavy atom. The normalized spacial score (nSPS) is 19.1. The molecule has 34 heavy (non-hydrogen) atoms. The monoisotopic (exact) mass is 481 g/mol. The molecule has 0 radical (unpaired) electrons. The maximum absolute atomic E-state index is 13.5. The maximum Gasteiger partial charge on any atom is 0.269 e. The Labute approximate surface area is 205 Å². The zero-order chi connectivity index (χ0) is 24.5. The quantitative estimate of drug-likeness (QED) is 0.597. The number of pyridine rings is 1. The average molecular weight is 482 g/mol. The second kappa shape index (κ2) is 10.1. The fourth-order valence-electron chi connectivity index (χ4n) is 4.86. The molecule has 7 heteroatoms. The molecule has 1 aromatic heterocycles. The van der Waals surface area contributed by atoms with Gasteiger partial charge in [-0.1, -0.05) is 24.3 Å². The van der Waals surface area contributed by atoms with Crippen LogP contribution in [-0.4, -0.2) is 42.4 Å². The van der Waals surface area contributed by atoms with E-state index in [1.54, 1.807) is 0 Å². The van der Waals surface area contributed by atoms with E-state index in [1.807, 2.05) is 50.2 Å². The second-order valence-corrected chi connectivity index (χ2v) is 12.1. The van der Waals surface area contributed by atoms with Gasteiger partial charge in [-0.25, -0.2) is 13.5 Å². The van der Waals surface area contributed by atoms with Crippen molar-refractivity contribution in [2.45, 2.75) is 70.7 Å². The minimum atomic E-state index is -1.28. The third-order valence-corrected chi connectivity index (χ3v) is 8.27. The molecular formula is C27H35N3O3S. The number of nitrogens with zero attached hydrogens (tertiary/aromatic N) is 2. The first kappa shape index (κ1) is 24.8. The minimum absolute atomic E-state index is 0.0214. The number of aromatic nitrogens is 1. The molecule has 1 aliphatic carbocycles. The lowest BCUT2D eigenvalue weighted by Gasteiger charge is -2.30. The van der Waals surface area contributed by atoms with Gasteiger partial charge in [-0.05, 0) is 82.2 Å². The van der Waals surface area contributed by atoms with Crippen LogP contribution < -0.4 is 5.32 Å². The molecule has 0 saturated carbocycles. The molecule has 1 aliphatic heterocycles. The molecule has 0 unspecified atom stereocenters. The van der Waals surface area contributed by atoms with Crippen molar-refractivity contribution >= 4 is 22.5 Å². The molecule has 2 aliphatic rings. The van der Waals surface area contributed by atoms with Gasteiger partial charge in [-0.2, -0.15) is 0 Å². The van der Waals surface area contributed by atoms with Gasteiger partial charge < -0.3 is 10.4 Å². The van der Waals surface area contributed by atoms with Crippen molar-refractivity contribution in [2.24, 2.45) is 0 Å². The maximum atomic E-state index is 13.5. The van der Waals surface area contributed by atoms with Crippen molar-refractivity contribution in [3.8, 4) is 11.3 Å². The predicted molar refractivity (Wildman–Crippen MR) is 137 cm³/mol. The van der Waals surface area contributed by atoms with Crippen LogP contribution >= 0.6 is 0 Å². The number of amides is 1. The first-order chi connectivity index (χ1) is 16.2. The Hall–Kier alpha value is -2.35. The Morgan fingerprint density at radius 1 is 1.26 bits per heavy atom. The molecule has 1 aromatic carbocycles. The van der Waals surface area contributed by atoms with Crippen molar-refractivity contribution < 1.29 is 14.1 Å². The number of allylic oxidation sites excluding steroid dienone is 2. The van der Waals surface area contributed by atoms with Crippen LogP contribution in [0.1, 0.15) is 86.6 Å². The molecule has 2 atom stereocenters. The van der Waals surface area contributed by atoms with Crippen molar-refractivity contribution in [3.05, 3.63) is 58.8 Å². The van der Waals surface area contributed by atoms with Crippen LogP contribution in [0.15, 0.2) is 36.4 Å². The van der Waals surface area contributed by atoms with E-state index in [9.17, 15) is 14.1 Å². The summed E-state index contributed by atoms with van der Waals surface area (Å²) in [7, 11) is -1.28. The van der Waals surface area contributed by atoms with Crippen molar-refractivity contribution in [2.75, 3.05) is 13.2 Å². The van der Waals surface area contributed by atoms with E-state index >= 15 is 0 Å². The standard InChI is InChI=1S/C27H35N3O3S/c1-5-28-26(32)22-16-21-17-30(34(33)27(2,3)4)23(13-14-31)24(21)25(29-22)20-12-8-11-19(15-20)18-9-6-7-10-18/h8-9,11-12,15-16,23,31H,5-7,10,13-14,17H2,1-4H3,(H,28,32)/t23-,34-/m1/s1. The summed E-state index contributed by atoms with van der Waals surface area (Å²) in [4.78, 5) is 17.6. The minimum Gasteiger partial charge on any atom is -0.396 e. The van der Waals surface area contributed by atoms with Gasteiger partial charge in [0.2, 0.25) is 0 Å². The lowest BCUT2D eigenvalue weighted by atomic mass is 9.94. The summed E-state index contributed by atoms with van der Waals surface area (Å²) in [5.74, 6) is -0.213. The number of hydrogen-bond acceptors (Lipinski definition) is 4. The molecule has 182 valence electrons. The van der Waals surface area contributed by atoms with Crippen LogP contribution in [0.3, 0.4) is 0 Å². The van der Waals surface area contributed by atoms with Gasteiger partial charge >= 0.3 is 0 Å². The van der Waals surface area contributed by atoms with Gasteiger partial charge in [-0.3, -0.25) is 4.79 Å². The topological polar surface area (TPSA) is 82.5 Å². The summed E-state index contributed by atoms with van der Waals surface area (Å²) in [6.07, 6.45) is 6.09. The lowest BCUT2D eigenvalue weighted by molar-refractivity contribution is 0.0951. The van der Waals surface area contributed by atoms with E-state index < -0.39 is 15.7 Å². The SMILES string of the molecule is CCNC(=O)c1cc2c(c(-c3cccc(C4=CCCC4)c3)n1)[C@@H](CCO)N([S@](=O)C(C)(C)C)C2. The van der Waals surface area contributed by atoms with Crippen LogP contribution in [0.2, 0.25) is 0 Å². The summed E-state index contributed by atoms with van der Waals surface area (Å²) in [5, 5.41) is 12.8. The highest BCUT2D eigenvalue weighted by Crippen LogP contribution is 2.44. The van der Waals surface area contributed by atoms with Gasteiger partial charge in [0.25, 0.3) is 5.91 Å². The Morgan fingerprint density at radius 2 is 2.03 bits per heavy atom. The first-order valence-electron chi connectivity index (χ1n) is 12.2. The molecule has 0 spiro atoms. The number of aliphatic hydroxyl groups is 1. The molecule has 4 rings (SSSR count). The van der Waals surface area contributed by atoms with Gasteiger partial charge in [-0.15, -0.1) is 0 Å². The van der Waals surface area contributed by atoms with Crippen LogP contribution in [-0.2, 0) is 17.5 Å².